The zero-order chi connectivity index (χ0) is 14.7. The lowest BCUT2D eigenvalue weighted by Gasteiger charge is -2.09. The molecule has 0 fully saturated rings. The van der Waals surface area contributed by atoms with Crippen molar-refractivity contribution in [2.24, 2.45) is 0 Å². The number of carbonyl (C=O) groups is 1. The van der Waals surface area contributed by atoms with Crippen LogP contribution in [0.2, 0.25) is 0 Å². The van der Waals surface area contributed by atoms with Gasteiger partial charge in [0.15, 0.2) is 0 Å². The van der Waals surface area contributed by atoms with Crippen molar-refractivity contribution in [1.82, 2.24) is 4.98 Å². The van der Waals surface area contributed by atoms with Gasteiger partial charge in [0.1, 0.15) is 17.5 Å². The third-order valence-electron chi connectivity index (χ3n) is 2.68. The van der Waals surface area contributed by atoms with E-state index in [1.165, 1.54) is 12.1 Å². The molecule has 2 rings (SSSR count). The van der Waals surface area contributed by atoms with Gasteiger partial charge in [0, 0.05) is 11.8 Å². The van der Waals surface area contributed by atoms with Crippen LogP contribution in [0, 0.1) is 11.6 Å². The molecule has 1 heterocycles. The lowest BCUT2D eigenvalue weighted by molar-refractivity contribution is 0.0696. The van der Waals surface area contributed by atoms with Crippen molar-refractivity contribution in [3.05, 3.63) is 53.2 Å². The third-order valence-corrected chi connectivity index (χ3v) is 2.68. The van der Waals surface area contributed by atoms with Crippen LogP contribution in [-0.4, -0.2) is 16.1 Å². The molecule has 1 aromatic carbocycles. The predicted octanol–water partition coefficient (Wildman–Crippen LogP) is 3.36. The molecule has 0 bridgehead atoms. The number of nitrogens with zero attached hydrogens (tertiary/aromatic N) is 1. The number of aryl methyl sites for hydroxylation is 1. The summed E-state index contributed by atoms with van der Waals surface area (Å²) in [5, 5.41) is 11.6. The first-order valence-electron chi connectivity index (χ1n) is 5.96. The summed E-state index contributed by atoms with van der Waals surface area (Å²) in [5.74, 6) is -2.19. The van der Waals surface area contributed by atoms with Gasteiger partial charge in [-0.05, 0) is 30.7 Å². The van der Waals surface area contributed by atoms with E-state index in [4.69, 9.17) is 5.11 Å². The van der Waals surface area contributed by atoms with Gasteiger partial charge in [0.25, 0.3) is 0 Å². The summed E-state index contributed by atoms with van der Waals surface area (Å²) in [6.07, 6.45) is 0.529. The van der Waals surface area contributed by atoms with Gasteiger partial charge in [-0.2, -0.15) is 0 Å². The second-order valence-electron chi connectivity index (χ2n) is 4.14. The van der Waals surface area contributed by atoms with Crippen LogP contribution in [0.3, 0.4) is 0 Å². The lowest BCUT2D eigenvalue weighted by atomic mass is 10.2. The fraction of sp³-hybridized carbons (Fsp3) is 0.143. The number of carboxylic acids is 1. The highest BCUT2D eigenvalue weighted by Crippen LogP contribution is 2.21. The molecule has 0 atom stereocenters. The van der Waals surface area contributed by atoms with Gasteiger partial charge in [-0.15, -0.1) is 0 Å². The number of hydrogen-bond donors (Lipinski definition) is 2. The topological polar surface area (TPSA) is 62.2 Å². The van der Waals surface area contributed by atoms with Crippen molar-refractivity contribution in [2.75, 3.05) is 5.32 Å². The van der Waals surface area contributed by atoms with Crippen LogP contribution in [-0.2, 0) is 6.42 Å². The maximum absolute atomic E-state index is 13.5. The van der Waals surface area contributed by atoms with Gasteiger partial charge < -0.3 is 10.4 Å². The molecule has 2 N–H and O–H groups in total. The SMILES string of the molecule is CCc1cc(C(=O)O)cc(Nc2cc(F)ccc2F)n1. The second-order valence-corrected chi connectivity index (χ2v) is 4.14. The minimum Gasteiger partial charge on any atom is -0.478 e. The first kappa shape index (κ1) is 13.9. The Labute approximate surface area is 114 Å². The molecule has 0 aliphatic heterocycles. The van der Waals surface area contributed by atoms with E-state index in [1.54, 1.807) is 0 Å². The molecule has 20 heavy (non-hydrogen) atoms. The van der Waals surface area contributed by atoms with Crippen LogP contribution in [0.15, 0.2) is 30.3 Å². The second kappa shape index (κ2) is 5.64. The summed E-state index contributed by atoms with van der Waals surface area (Å²) < 4.78 is 26.6. The number of anilines is 2. The van der Waals surface area contributed by atoms with Crippen molar-refractivity contribution < 1.29 is 18.7 Å². The molecule has 6 heteroatoms. The van der Waals surface area contributed by atoms with Crippen molar-refractivity contribution in [2.45, 2.75) is 13.3 Å². The number of pyridine rings is 1. The van der Waals surface area contributed by atoms with Gasteiger partial charge in [0.2, 0.25) is 0 Å². The van der Waals surface area contributed by atoms with E-state index in [0.717, 1.165) is 18.2 Å². The van der Waals surface area contributed by atoms with Crippen molar-refractivity contribution in [3.8, 4) is 0 Å². The normalized spacial score (nSPS) is 10.3. The minimum absolute atomic E-state index is 0.0381. The first-order valence-corrected chi connectivity index (χ1v) is 5.96. The molecule has 0 radical (unpaired) electrons. The highest BCUT2D eigenvalue weighted by atomic mass is 19.1. The number of carboxylic acid groups (broad SMARTS) is 1. The average Bonchev–Trinajstić information content (AvgIpc) is 2.42. The molecule has 0 aliphatic carbocycles. The smallest absolute Gasteiger partial charge is 0.335 e. The summed E-state index contributed by atoms with van der Waals surface area (Å²) in [6.45, 7) is 1.82. The monoisotopic (exact) mass is 278 g/mol. The molecule has 0 saturated carbocycles. The Kier molecular flexibility index (Phi) is 3.93. The van der Waals surface area contributed by atoms with E-state index in [1.807, 2.05) is 6.92 Å². The standard InChI is InChI=1S/C14H12F2N2O2/c1-2-10-5-8(14(19)20)6-13(17-10)18-12-7-9(15)3-4-11(12)16/h3-7H,2H2,1H3,(H,17,18)(H,19,20). The Morgan fingerprint density at radius 3 is 2.70 bits per heavy atom. The van der Waals surface area contributed by atoms with E-state index in [9.17, 15) is 13.6 Å². The number of nitrogens with one attached hydrogen (secondary N) is 1. The number of benzene rings is 1. The molecule has 0 unspecified atom stereocenters. The Morgan fingerprint density at radius 2 is 2.05 bits per heavy atom. The molecule has 4 nitrogen and oxygen atoms in total. The molecule has 0 aliphatic rings. The maximum Gasteiger partial charge on any atom is 0.335 e. The van der Waals surface area contributed by atoms with Crippen LogP contribution < -0.4 is 5.32 Å². The first-order chi connectivity index (χ1) is 9.49. The summed E-state index contributed by atoms with van der Waals surface area (Å²) in [6, 6.07) is 5.68. The summed E-state index contributed by atoms with van der Waals surface area (Å²) in [5.41, 5.74) is 0.488. The number of rotatable bonds is 4. The van der Waals surface area contributed by atoms with Gasteiger partial charge in [0.05, 0.1) is 11.3 Å². The molecule has 0 saturated heterocycles. The summed E-state index contributed by atoms with van der Waals surface area (Å²) >= 11 is 0. The molecular weight excluding hydrogens is 266 g/mol. The Morgan fingerprint density at radius 1 is 1.30 bits per heavy atom. The Balaban J connectivity index is 2.39. The van der Waals surface area contributed by atoms with Gasteiger partial charge >= 0.3 is 5.97 Å². The Bertz CT molecular complexity index is 660. The molecular formula is C14H12F2N2O2. The number of aromatic nitrogens is 1. The summed E-state index contributed by atoms with van der Waals surface area (Å²) in [7, 11) is 0. The number of halogens is 2. The minimum atomic E-state index is -1.11. The molecule has 104 valence electrons. The molecule has 2 aromatic rings. The zero-order valence-corrected chi connectivity index (χ0v) is 10.7. The zero-order valence-electron chi connectivity index (χ0n) is 10.7. The van der Waals surface area contributed by atoms with Crippen LogP contribution in [0.5, 0.6) is 0 Å². The molecule has 0 amide bonds. The Hall–Kier alpha value is -2.50. The fourth-order valence-electron chi connectivity index (χ4n) is 1.69. The van der Waals surface area contributed by atoms with E-state index < -0.39 is 17.6 Å². The van der Waals surface area contributed by atoms with Crippen LogP contribution in [0.25, 0.3) is 0 Å². The van der Waals surface area contributed by atoms with Crippen molar-refractivity contribution in [1.29, 1.82) is 0 Å². The quantitative estimate of drug-likeness (QED) is 0.900. The maximum atomic E-state index is 13.5. The van der Waals surface area contributed by atoms with Crippen LogP contribution >= 0.6 is 0 Å². The average molecular weight is 278 g/mol. The number of hydrogen-bond acceptors (Lipinski definition) is 3. The molecule has 0 spiro atoms. The van der Waals surface area contributed by atoms with Gasteiger partial charge in [-0.1, -0.05) is 6.92 Å². The number of aromatic carboxylic acids is 1. The van der Waals surface area contributed by atoms with Gasteiger partial charge in [-0.25, -0.2) is 18.6 Å². The van der Waals surface area contributed by atoms with Gasteiger partial charge in [-0.3, -0.25) is 0 Å². The van der Waals surface area contributed by atoms with Crippen molar-refractivity contribution >= 4 is 17.5 Å². The third kappa shape index (κ3) is 3.09. The highest BCUT2D eigenvalue weighted by Gasteiger charge is 2.10. The fourth-order valence-corrected chi connectivity index (χ4v) is 1.69. The van der Waals surface area contributed by atoms with E-state index in [2.05, 4.69) is 10.3 Å². The van der Waals surface area contributed by atoms with Crippen LogP contribution in [0.1, 0.15) is 23.0 Å². The lowest BCUT2D eigenvalue weighted by Crippen LogP contribution is -2.04. The van der Waals surface area contributed by atoms with Crippen LogP contribution in [0.4, 0.5) is 20.3 Å². The molecule has 1 aromatic heterocycles. The van der Waals surface area contributed by atoms with E-state index in [0.29, 0.717) is 12.1 Å². The highest BCUT2D eigenvalue weighted by molar-refractivity contribution is 5.88. The van der Waals surface area contributed by atoms with E-state index >= 15 is 0 Å². The predicted molar refractivity (Wildman–Crippen MR) is 70.2 cm³/mol. The summed E-state index contributed by atoms with van der Waals surface area (Å²) in [4.78, 5) is 15.1. The van der Waals surface area contributed by atoms with Crippen molar-refractivity contribution in [3.63, 3.8) is 0 Å². The van der Waals surface area contributed by atoms with E-state index in [-0.39, 0.29) is 17.1 Å². The largest absolute Gasteiger partial charge is 0.478 e.